The number of rotatable bonds is 10. The zero-order valence-electron chi connectivity index (χ0n) is 16.1. The molecule has 0 saturated carbocycles. The summed E-state index contributed by atoms with van der Waals surface area (Å²) >= 11 is 0. The molecule has 2 aromatic carbocycles. The molecule has 0 saturated heterocycles. The van der Waals surface area contributed by atoms with Crippen molar-refractivity contribution in [2.24, 2.45) is 0 Å². The van der Waals surface area contributed by atoms with Crippen LogP contribution < -0.4 is 4.74 Å². The van der Waals surface area contributed by atoms with Gasteiger partial charge in [0.05, 0.1) is 37.6 Å². The molecule has 0 atom stereocenters. The number of phenolic OH excluding ortho intramolecular Hbond substituents is 2. The molecule has 0 spiro atoms. The molecule has 2 rings (SSSR count). The van der Waals surface area contributed by atoms with Gasteiger partial charge in [-0.05, 0) is 24.3 Å². The van der Waals surface area contributed by atoms with Crippen molar-refractivity contribution in [3.8, 4) is 23.0 Å². The molecule has 7 heteroatoms. The van der Waals surface area contributed by atoms with Crippen LogP contribution in [0.3, 0.4) is 0 Å². The van der Waals surface area contributed by atoms with Crippen molar-refractivity contribution in [3.63, 3.8) is 0 Å². The van der Waals surface area contributed by atoms with Crippen LogP contribution in [-0.2, 0) is 45.4 Å². The number of benzene rings is 2. The summed E-state index contributed by atoms with van der Waals surface area (Å²) in [6.07, 6.45) is 0. The van der Waals surface area contributed by atoms with E-state index in [9.17, 15) is 10.2 Å². The van der Waals surface area contributed by atoms with Crippen LogP contribution in [0, 0.1) is 0 Å². The van der Waals surface area contributed by atoms with Gasteiger partial charge in [-0.2, -0.15) is 0 Å². The Morgan fingerprint density at radius 2 is 0.963 bits per heavy atom. The molecule has 0 radical (unpaired) electrons. The molecule has 0 aliphatic carbocycles. The fourth-order valence-electron chi connectivity index (χ4n) is 2.75. The van der Waals surface area contributed by atoms with Crippen LogP contribution in [0.4, 0.5) is 0 Å². The van der Waals surface area contributed by atoms with Gasteiger partial charge >= 0.3 is 0 Å². The molecule has 0 aliphatic rings. The van der Waals surface area contributed by atoms with E-state index in [1.54, 1.807) is 38.5 Å². The van der Waals surface area contributed by atoms with Crippen LogP contribution in [0.1, 0.15) is 22.3 Å². The Labute approximate surface area is 159 Å². The van der Waals surface area contributed by atoms with Crippen molar-refractivity contribution in [1.29, 1.82) is 0 Å². The number of aromatic hydroxyl groups is 2. The van der Waals surface area contributed by atoms with Gasteiger partial charge in [0.2, 0.25) is 0 Å². The van der Waals surface area contributed by atoms with Crippen molar-refractivity contribution in [2.45, 2.75) is 26.4 Å². The van der Waals surface area contributed by atoms with Gasteiger partial charge in [0.15, 0.2) is 0 Å². The number of phenols is 2. The van der Waals surface area contributed by atoms with Gasteiger partial charge in [-0.15, -0.1) is 0 Å². The minimum Gasteiger partial charge on any atom is -0.507 e. The predicted molar refractivity (Wildman–Crippen MR) is 99.1 cm³/mol. The maximum atomic E-state index is 10.5. The molecule has 148 valence electrons. The van der Waals surface area contributed by atoms with E-state index in [2.05, 4.69) is 0 Å². The van der Waals surface area contributed by atoms with E-state index in [1.807, 2.05) is 0 Å². The van der Waals surface area contributed by atoms with E-state index in [-0.39, 0.29) is 37.9 Å². The average Bonchev–Trinajstić information content (AvgIpc) is 2.65. The summed E-state index contributed by atoms with van der Waals surface area (Å²) in [6.45, 7) is 0.854. The number of methoxy groups -OCH3 is 4. The van der Waals surface area contributed by atoms with Gasteiger partial charge in [0.25, 0.3) is 0 Å². The van der Waals surface area contributed by atoms with Crippen molar-refractivity contribution in [2.75, 3.05) is 28.4 Å². The summed E-state index contributed by atoms with van der Waals surface area (Å²) < 4.78 is 26.6. The highest BCUT2D eigenvalue weighted by atomic mass is 16.5. The van der Waals surface area contributed by atoms with Crippen LogP contribution in [0.5, 0.6) is 23.0 Å². The van der Waals surface area contributed by atoms with Gasteiger partial charge in [0, 0.05) is 39.6 Å². The highest BCUT2D eigenvalue weighted by molar-refractivity contribution is 5.54. The zero-order valence-corrected chi connectivity index (χ0v) is 16.1. The first-order valence-electron chi connectivity index (χ1n) is 8.38. The Hall–Kier alpha value is -2.32. The number of hydrogen-bond acceptors (Lipinski definition) is 7. The van der Waals surface area contributed by atoms with Gasteiger partial charge in [0.1, 0.15) is 23.0 Å². The lowest BCUT2D eigenvalue weighted by Crippen LogP contribution is -2.02. The summed E-state index contributed by atoms with van der Waals surface area (Å²) in [5.74, 6) is 0.963. The third-order valence-corrected chi connectivity index (χ3v) is 4.04. The lowest BCUT2D eigenvalue weighted by atomic mass is 10.1. The van der Waals surface area contributed by atoms with Crippen LogP contribution in [-0.4, -0.2) is 38.7 Å². The van der Waals surface area contributed by atoms with E-state index in [1.165, 1.54) is 14.2 Å². The molecule has 0 heterocycles. The van der Waals surface area contributed by atoms with E-state index in [0.717, 1.165) is 0 Å². The van der Waals surface area contributed by atoms with Gasteiger partial charge in [-0.3, -0.25) is 0 Å². The maximum absolute atomic E-state index is 10.5. The smallest absolute Gasteiger partial charge is 0.136 e. The Balaban J connectivity index is 2.46. The first-order chi connectivity index (χ1) is 13.1. The molecule has 0 fully saturated rings. The minimum atomic E-state index is 0.0599. The molecule has 7 nitrogen and oxygen atoms in total. The Bertz CT molecular complexity index is 695. The van der Waals surface area contributed by atoms with Crippen molar-refractivity contribution < 1.29 is 33.9 Å². The third-order valence-electron chi connectivity index (χ3n) is 4.04. The Morgan fingerprint density at radius 3 is 1.30 bits per heavy atom. The van der Waals surface area contributed by atoms with Gasteiger partial charge in [-0.1, -0.05) is 0 Å². The zero-order chi connectivity index (χ0) is 19.8. The third kappa shape index (κ3) is 4.90. The molecule has 0 unspecified atom stereocenters. The van der Waals surface area contributed by atoms with Crippen LogP contribution in [0.25, 0.3) is 0 Å². The topological polar surface area (TPSA) is 86.6 Å². The van der Waals surface area contributed by atoms with Crippen molar-refractivity contribution in [1.82, 2.24) is 0 Å². The SMILES string of the molecule is COCc1ccc(Oc2ccc(COC)c(O)c2COC)c(COC)c1O. The molecule has 27 heavy (non-hydrogen) atoms. The number of hydrogen-bond donors (Lipinski definition) is 2. The fourth-order valence-corrected chi connectivity index (χ4v) is 2.75. The Kier molecular flexibility index (Phi) is 7.87. The molecule has 2 N–H and O–H groups in total. The second kappa shape index (κ2) is 10.1. The summed E-state index contributed by atoms with van der Waals surface area (Å²) in [5, 5.41) is 21.0. The summed E-state index contributed by atoms with van der Waals surface area (Å²) in [5.41, 5.74) is 2.26. The lowest BCUT2D eigenvalue weighted by Gasteiger charge is -2.18. The van der Waals surface area contributed by atoms with Gasteiger partial charge < -0.3 is 33.9 Å². The van der Waals surface area contributed by atoms with Crippen LogP contribution >= 0.6 is 0 Å². The number of ether oxygens (including phenoxy) is 5. The highest BCUT2D eigenvalue weighted by Crippen LogP contribution is 2.39. The molecule has 0 aromatic heterocycles. The summed E-state index contributed by atoms with van der Waals surface area (Å²) in [7, 11) is 6.18. The largest absolute Gasteiger partial charge is 0.507 e. The maximum Gasteiger partial charge on any atom is 0.136 e. The summed E-state index contributed by atoms with van der Waals surface area (Å²) in [6, 6.07) is 6.92. The van der Waals surface area contributed by atoms with Gasteiger partial charge in [-0.25, -0.2) is 0 Å². The molecule has 2 aromatic rings. The van der Waals surface area contributed by atoms with Crippen LogP contribution in [0.2, 0.25) is 0 Å². The molecule has 0 bridgehead atoms. The summed E-state index contributed by atoms with van der Waals surface area (Å²) in [4.78, 5) is 0. The normalized spacial score (nSPS) is 11.0. The lowest BCUT2D eigenvalue weighted by molar-refractivity contribution is 0.170. The second-order valence-electron chi connectivity index (χ2n) is 5.93. The van der Waals surface area contributed by atoms with E-state index < -0.39 is 0 Å². The average molecular weight is 378 g/mol. The minimum absolute atomic E-state index is 0.0599. The van der Waals surface area contributed by atoms with E-state index in [0.29, 0.717) is 33.8 Å². The van der Waals surface area contributed by atoms with Crippen molar-refractivity contribution in [3.05, 3.63) is 46.5 Å². The molecule has 0 amide bonds. The monoisotopic (exact) mass is 378 g/mol. The quantitative estimate of drug-likeness (QED) is 0.654. The predicted octanol–water partition coefficient (Wildman–Crippen LogP) is 3.48. The van der Waals surface area contributed by atoms with E-state index in [4.69, 9.17) is 23.7 Å². The van der Waals surface area contributed by atoms with E-state index >= 15 is 0 Å². The molecular weight excluding hydrogens is 352 g/mol. The fraction of sp³-hybridized carbons (Fsp3) is 0.400. The first-order valence-corrected chi connectivity index (χ1v) is 8.38. The van der Waals surface area contributed by atoms with Crippen molar-refractivity contribution >= 4 is 0 Å². The second-order valence-corrected chi connectivity index (χ2v) is 5.93. The first kappa shape index (κ1) is 21.0. The molecular formula is C20H26O7. The molecule has 0 aliphatic heterocycles. The highest BCUT2D eigenvalue weighted by Gasteiger charge is 2.18. The van der Waals surface area contributed by atoms with Crippen LogP contribution in [0.15, 0.2) is 24.3 Å². The Morgan fingerprint density at radius 1 is 0.593 bits per heavy atom. The standard InChI is InChI=1S/C20H26O7/c1-23-9-13-5-7-17(15(11-25-3)19(13)21)27-18-8-6-14(10-24-2)20(22)16(18)12-26-4/h5-8,21-22H,9-12H2,1-4H3.